The van der Waals surface area contributed by atoms with E-state index in [2.05, 4.69) is 42.7 Å². The average Bonchev–Trinajstić information content (AvgIpc) is 2.46. The van der Waals surface area contributed by atoms with Crippen molar-refractivity contribution in [2.24, 2.45) is 0 Å². The van der Waals surface area contributed by atoms with Crippen molar-refractivity contribution in [2.75, 3.05) is 36.2 Å². The van der Waals surface area contributed by atoms with E-state index in [9.17, 15) is 4.79 Å². The van der Waals surface area contributed by atoms with E-state index in [4.69, 9.17) is 0 Å². The highest BCUT2D eigenvalue weighted by Crippen LogP contribution is 2.16. The molecule has 0 saturated carbocycles. The van der Waals surface area contributed by atoms with Crippen LogP contribution in [0.1, 0.15) is 17.5 Å². The Hall–Kier alpha value is -2.49. The van der Waals surface area contributed by atoms with Crippen LogP contribution < -0.4 is 15.5 Å². The molecule has 122 valence electrons. The van der Waals surface area contributed by atoms with Crippen LogP contribution in [0.3, 0.4) is 0 Å². The summed E-state index contributed by atoms with van der Waals surface area (Å²) in [7, 11) is 3.98. The topological polar surface area (TPSA) is 44.4 Å². The zero-order valence-electron chi connectivity index (χ0n) is 14.3. The van der Waals surface area contributed by atoms with Crippen LogP contribution in [0.2, 0.25) is 0 Å². The van der Waals surface area contributed by atoms with Gasteiger partial charge in [0.15, 0.2) is 0 Å². The number of nitrogens with one attached hydrogen (secondary N) is 2. The summed E-state index contributed by atoms with van der Waals surface area (Å²) in [6, 6.07) is 14.1. The van der Waals surface area contributed by atoms with E-state index < -0.39 is 0 Å². The summed E-state index contributed by atoms with van der Waals surface area (Å²) in [6.07, 6.45) is 0.433. The molecule has 0 aliphatic rings. The molecular formula is C19H25N3O. The molecule has 0 unspecified atom stereocenters. The summed E-state index contributed by atoms with van der Waals surface area (Å²) >= 11 is 0. The predicted octanol–water partition coefficient (Wildman–Crippen LogP) is 3.81. The molecule has 0 heterocycles. The van der Waals surface area contributed by atoms with Crippen molar-refractivity contribution in [3.8, 4) is 0 Å². The van der Waals surface area contributed by atoms with Crippen LogP contribution >= 0.6 is 0 Å². The Balaban J connectivity index is 1.80. The van der Waals surface area contributed by atoms with Gasteiger partial charge in [-0.1, -0.05) is 6.07 Å². The number of hydrogen-bond acceptors (Lipinski definition) is 3. The first-order valence-electron chi connectivity index (χ1n) is 7.83. The second kappa shape index (κ2) is 7.68. The van der Waals surface area contributed by atoms with Gasteiger partial charge in [0.05, 0.1) is 0 Å². The highest BCUT2D eigenvalue weighted by molar-refractivity contribution is 5.91. The second-order valence-corrected chi connectivity index (χ2v) is 6.04. The van der Waals surface area contributed by atoms with Gasteiger partial charge in [-0.05, 0) is 61.4 Å². The van der Waals surface area contributed by atoms with Crippen molar-refractivity contribution in [1.29, 1.82) is 0 Å². The number of amides is 1. The maximum absolute atomic E-state index is 12.0. The Labute approximate surface area is 138 Å². The minimum atomic E-state index is 0.0134. The van der Waals surface area contributed by atoms with Gasteiger partial charge < -0.3 is 15.5 Å². The second-order valence-electron chi connectivity index (χ2n) is 6.04. The molecule has 0 atom stereocenters. The van der Waals surface area contributed by atoms with Crippen LogP contribution in [0, 0.1) is 13.8 Å². The molecule has 1 amide bonds. The number of nitrogens with zero attached hydrogens (tertiary/aromatic N) is 1. The number of carbonyl (C=O) groups is 1. The monoisotopic (exact) mass is 311 g/mol. The third-order valence-electron chi connectivity index (χ3n) is 3.57. The Bertz CT molecular complexity index is 643. The highest BCUT2D eigenvalue weighted by atomic mass is 16.1. The van der Waals surface area contributed by atoms with E-state index in [1.54, 1.807) is 0 Å². The summed E-state index contributed by atoms with van der Waals surface area (Å²) in [5.74, 6) is 0.0134. The molecule has 0 aliphatic heterocycles. The van der Waals surface area contributed by atoms with Crippen molar-refractivity contribution >= 4 is 23.0 Å². The van der Waals surface area contributed by atoms with E-state index in [0.29, 0.717) is 13.0 Å². The van der Waals surface area contributed by atoms with Crippen LogP contribution in [-0.2, 0) is 4.79 Å². The van der Waals surface area contributed by atoms with E-state index in [1.165, 1.54) is 11.1 Å². The summed E-state index contributed by atoms with van der Waals surface area (Å²) < 4.78 is 0. The van der Waals surface area contributed by atoms with Gasteiger partial charge in [-0.25, -0.2) is 0 Å². The Morgan fingerprint density at radius 3 is 2.13 bits per heavy atom. The Kier molecular flexibility index (Phi) is 5.63. The molecule has 0 aliphatic carbocycles. The lowest BCUT2D eigenvalue weighted by Gasteiger charge is -2.13. The predicted molar refractivity (Wildman–Crippen MR) is 98.4 cm³/mol. The zero-order chi connectivity index (χ0) is 16.8. The number of carbonyl (C=O) groups excluding carboxylic acids is 1. The summed E-state index contributed by atoms with van der Waals surface area (Å²) in [5.41, 5.74) is 5.44. The first-order valence-corrected chi connectivity index (χ1v) is 7.83. The fourth-order valence-electron chi connectivity index (χ4n) is 2.46. The molecule has 0 radical (unpaired) electrons. The maximum Gasteiger partial charge on any atom is 0.226 e. The fraction of sp³-hybridized carbons (Fsp3) is 0.316. The zero-order valence-corrected chi connectivity index (χ0v) is 14.3. The van der Waals surface area contributed by atoms with E-state index in [0.717, 1.165) is 17.1 Å². The van der Waals surface area contributed by atoms with Gasteiger partial charge in [0.2, 0.25) is 5.91 Å². The molecule has 0 spiro atoms. The van der Waals surface area contributed by atoms with Crippen molar-refractivity contribution < 1.29 is 4.79 Å². The van der Waals surface area contributed by atoms with Gasteiger partial charge >= 0.3 is 0 Å². The number of aryl methyl sites for hydroxylation is 2. The minimum absolute atomic E-state index is 0.0134. The first-order chi connectivity index (χ1) is 10.9. The number of benzene rings is 2. The molecule has 4 heteroatoms. The normalized spacial score (nSPS) is 10.3. The van der Waals surface area contributed by atoms with Gasteiger partial charge in [-0.2, -0.15) is 0 Å². The van der Waals surface area contributed by atoms with Crippen molar-refractivity contribution in [2.45, 2.75) is 20.3 Å². The molecule has 2 aromatic carbocycles. The molecular weight excluding hydrogens is 286 g/mol. The van der Waals surface area contributed by atoms with E-state index in [-0.39, 0.29) is 5.91 Å². The molecule has 2 aromatic rings. The van der Waals surface area contributed by atoms with E-state index >= 15 is 0 Å². The lowest BCUT2D eigenvalue weighted by atomic mass is 10.1. The largest absolute Gasteiger partial charge is 0.385 e. The lowest BCUT2D eigenvalue weighted by Crippen LogP contribution is -2.16. The van der Waals surface area contributed by atoms with Gasteiger partial charge in [0.1, 0.15) is 0 Å². The van der Waals surface area contributed by atoms with Gasteiger partial charge in [0.25, 0.3) is 0 Å². The van der Waals surface area contributed by atoms with E-state index in [1.807, 2.05) is 43.3 Å². The molecule has 0 saturated heterocycles. The van der Waals surface area contributed by atoms with Crippen LogP contribution in [0.4, 0.5) is 17.1 Å². The van der Waals surface area contributed by atoms with Crippen molar-refractivity contribution in [3.05, 3.63) is 53.6 Å². The van der Waals surface area contributed by atoms with Gasteiger partial charge in [-0.3, -0.25) is 4.79 Å². The Morgan fingerprint density at radius 2 is 1.57 bits per heavy atom. The standard InChI is InChI=1S/C19H25N3O/c1-14-11-15(2)13-17(12-14)20-10-9-19(23)21-16-5-7-18(8-6-16)22(3)4/h5-8,11-13,20H,9-10H2,1-4H3,(H,21,23). The van der Waals surface area contributed by atoms with Crippen LogP contribution in [0.5, 0.6) is 0 Å². The number of rotatable bonds is 6. The minimum Gasteiger partial charge on any atom is -0.385 e. The third kappa shape index (κ3) is 5.33. The number of anilines is 3. The third-order valence-corrected chi connectivity index (χ3v) is 3.57. The molecule has 0 fully saturated rings. The summed E-state index contributed by atoms with van der Waals surface area (Å²) in [5, 5.41) is 6.22. The quantitative estimate of drug-likeness (QED) is 0.852. The molecule has 0 aromatic heterocycles. The fourth-order valence-corrected chi connectivity index (χ4v) is 2.46. The lowest BCUT2D eigenvalue weighted by molar-refractivity contribution is -0.115. The molecule has 2 rings (SSSR count). The van der Waals surface area contributed by atoms with Crippen molar-refractivity contribution in [1.82, 2.24) is 0 Å². The van der Waals surface area contributed by atoms with Crippen LogP contribution in [0.25, 0.3) is 0 Å². The number of hydrogen-bond donors (Lipinski definition) is 2. The maximum atomic E-state index is 12.0. The first kappa shape index (κ1) is 16.9. The average molecular weight is 311 g/mol. The van der Waals surface area contributed by atoms with Crippen LogP contribution in [-0.4, -0.2) is 26.5 Å². The van der Waals surface area contributed by atoms with Gasteiger partial charge in [0, 0.05) is 44.1 Å². The molecule has 2 N–H and O–H groups in total. The van der Waals surface area contributed by atoms with Crippen LogP contribution in [0.15, 0.2) is 42.5 Å². The highest BCUT2D eigenvalue weighted by Gasteiger charge is 2.03. The van der Waals surface area contributed by atoms with Crippen molar-refractivity contribution in [3.63, 3.8) is 0 Å². The Morgan fingerprint density at radius 1 is 0.957 bits per heavy atom. The molecule has 23 heavy (non-hydrogen) atoms. The summed E-state index contributed by atoms with van der Waals surface area (Å²) in [6.45, 7) is 4.76. The molecule has 4 nitrogen and oxygen atoms in total. The molecule has 0 bridgehead atoms. The summed E-state index contributed by atoms with van der Waals surface area (Å²) in [4.78, 5) is 14.0. The SMILES string of the molecule is Cc1cc(C)cc(NCCC(=O)Nc2ccc(N(C)C)cc2)c1. The smallest absolute Gasteiger partial charge is 0.226 e. The van der Waals surface area contributed by atoms with Gasteiger partial charge in [-0.15, -0.1) is 0 Å².